The lowest BCUT2D eigenvalue weighted by atomic mass is 9.91. The van der Waals surface area contributed by atoms with Crippen LogP contribution in [0.25, 0.3) is 0 Å². The Morgan fingerprint density at radius 2 is 2.42 bits per heavy atom. The first-order chi connectivity index (χ1) is 5.88. The van der Waals surface area contributed by atoms with Gasteiger partial charge in [0.2, 0.25) is 0 Å². The molecule has 0 amide bonds. The van der Waals surface area contributed by atoms with Crippen molar-refractivity contribution >= 4 is 5.78 Å². The fraction of sp³-hybridized carbons (Fsp3) is 0.889. The molecule has 2 aliphatic heterocycles. The molecule has 3 heteroatoms. The van der Waals surface area contributed by atoms with Crippen LogP contribution >= 0.6 is 0 Å². The Morgan fingerprint density at radius 1 is 1.50 bits per heavy atom. The molecule has 2 saturated heterocycles. The van der Waals surface area contributed by atoms with E-state index in [0.29, 0.717) is 31.5 Å². The third-order valence-corrected chi connectivity index (χ3v) is 2.79. The van der Waals surface area contributed by atoms with Gasteiger partial charge >= 0.3 is 0 Å². The highest BCUT2D eigenvalue weighted by atomic mass is 16.5. The summed E-state index contributed by atoms with van der Waals surface area (Å²) in [6.07, 6.45) is 2.96. The molecule has 2 atom stereocenters. The fourth-order valence-electron chi connectivity index (χ4n) is 2.06. The summed E-state index contributed by atoms with van der Waals surface area (Å²) in [6.45, 7) is 2.33. The molecule has 0 aromatic heterocycles. The lowest BCUT2D eigenvalue weighted by Crippen LogP contribution is -2.41. The Bertz CT molecular complexity index is 175. The fourth-order valence-corrected chi connectivity index (χ4v) is 2.06. The van der Waals surface area contributed by atoms with Crippen LogP contribution in [0.1, 0.15) is 19.3 Å². The van der Waals surface area contributed by atoms with Crippen LogP contribution in [0.5, 0.6) is 0 Å². The van der Waals surface area contributed by atoms with Crippen LogP contribution in [0.15, 0.2) is 0 Å². The Balaban J connectivity index is 1.95. The molecule has 2 aliphatic rings. The Kier molecular flexibility index (Phi) is 2.42. The van der Waals surface area contributed by atoms with E-state index in [0.717, 1.165) is 13.0 Å². The third kappa shape index (κ3) is 1.52. The quantitative estimate of drug-likeness (QED) is 0.615. The van der Waals surface area contributed by atoms with Crippen molar-refractivity contribution in [2.45, 2.75) is 25.3 Å². The second-order valence-corrected chi connectivity index (χ2v) is 3.60. The van der Waals surface area contributed by atoms with E-state index in [4.69, 9.17) is 4.74 Å². The van der Waals surface area contributed by atoms with Crippen LogP contribution in [0, 0.1) is 5.92 Å². The second kappa shape index (κ2) is 3.54. The molecule has 68 valence electrons. The van der Waals surface area contributed by atoms with Gasteiger partial charge in [0.25, 0.3) is 0 Å². The van der Waals surface area contributed by atoms with Gasteiger partial charge in [0.15, 0.2) is 0 Å². The Morgan fingerprint density at radius 3 is 3.08 bits per heavy atom. The average Bonchev–Trinajstić information content (AvgIpc) is 2.57. The van der Waals surface area contributed by atoms with Gasteiger partial charge in [0.05, 0.1) is 19.1 Å². The number of ether oxygens (including phenoxy) is 1. The number of rotatable bonds is 1. The standard InChI is InChI=1S/C9H15NO2/c11-9-3-5-12-6-7(9)8-2-1-4-10-8/h7-8,10H,1-6H2. The van der Waals surface area contributed by atoms with Gasteiger partial charge in [0, 0.05) is 12.5 Å². The van der Waals surface area contributed by atoms with Crippen molar-refractivity contribution in [2.75, 3.05) is 19.8 Å². The largest absolute Gasteiger partial charge is 0.380 e. The molecule has 2 unspecified atom stereocenters. The van der Waals surface area contributed by atoms with E-state index in [-0.39, 0.29) is 5.92 Å². The molecule has 0 radical (unpaired) electrons. The molecule has 2 fully saturated rings. The van der Waals surface area contributed by atoms with Crippen molar-refractivity contribution in [3.8, 4) is 0 Å². The van der Waals surface area contributed by atoms with Gasteiger partial charge in [-0.05, 0) is 19.4 Å². The summed E-state index contributed by atoms with van der Waals surface area (Å²) < 4.78 is 5.30. The minimum atomic E-state index is 0.140. The van der Waals surface area contributed by atoms with Crippen LogP contribution < -0.4 is 5.32 Å². The maximum Gasteiger partial charge on any atom is 0.142 e. The number of carbonyl (C=O) groups is 1. The van der Waals surface area contributed by atoms with E-state index < -0.39 is 0 Å². The molecule has 0 saturated carbocycles. The molecular weight excluding hydrogens is 154 g/mol. The zero-order valence-electron chi connectivity index (χ0n) is 7.21. The van der Waals surface area contributed by atoms with Crippen LogP contribution in [0.3, 0.4) is 0 Å². The zero-order chi connectivity index (χ0) is 8.39. The first kappa shape index (κ1) is 8.20. The number of nitrogens with one attached hydrogen (secondary N) is 1. The first-order valence-corrected chi connectivity index (χ1v) is 4.72. The minimum absolute atomic E-state index is 0.140. The number of Topliss-reactive ketones (excluding diaryl/α,β-unsaturated/α-hetero) is 1. The third-order valence-electron chi connectivity index (χ3n) is 2.79. The van der Waals surface area contributed by atoms with Gasteiger partial charge in [-0.3, -0.25) is 4.79 Å². The summed E-state index contributed by atoms with van der Waals surface area (Å²) in [6, 6.07) is 0.401. The molecule has 0 aromatic rings. The van der Waals surface area contributed by atoms with Crippen LogP contribution in [0.4, 0.5) is 0 Å². The predicted molar refractivity (Wildman–Crippen MR) is 45.0 cm³/mol. The molecule has 12 heavy (non-hydrogen) atoms. The van der Waals surface area contributed by atoms with Gasteiger partial charge < -0.3 is 10.1 Å². The molecule has 2 rings (SSSR count). The highest BCUT2D eigenvalue weighted by Crippen LogP contribution is 2.20. The number of hydrogen-bond acceptors (Lipinski definition) is 3. The highest BCUT2D eigenvalue weighted by molar-refractivity contribution is 5.82. The Labute approximate surface area is 72.5 Å². The molecule has 0 aromatic carbocycles. The summed E-state index contributed by atoms with van der Waals surface area (Å²) in [5.74, 6) is 0.530. The number of ketones is 1. The summed E-state index contributed by atoms with van der Waals surface area (Å²) in [4.78, 5) is 11.5. The molecule has 0 spiro atoms. The summed E-state index contributed by atoms with van der Waals surface area (Å²) in [5.41, 5.74) is 0. The molecular formula is C9H15NO2. The monoisotopic (exact) mass is 169 g/mol. The van der Waals surface area contributed by atoms with E-state index in [1.807, 2.05) is 0 Å². The normalized spacial score (nSPS) is 37.2. The van der Waals surface area contributed by atoms with Crippen molar-refractivity contribution in [1.29, 1.82) is 0 Å². The van der Waals surface area contributed by atoms with Crippen molar-refractivity contribution in [3.63, 3.8) is 0 Å². The van der Waals surface area contributed by atoms with Crippen LogP contribution in [0.2, 0.25) is 0 Å². The highest BCUT2D eigenvalue weighted by Gasteiger charge is 2.32. The van der Waals surface area contributed by atoms with Crippen molar-refractivity contribution in [3.05, 3.63) is 0 Å². The van der Waals surface area contributed by atoms with Crippen molar-refractivity contribution in [1.82, 2.24) is 5.32 Å². The van der Waals surface area contributed by atoms with Crippen LogP contribution in [-0.4, -0.2) is 31.6 Å². The molecule has 1 N–H and O–H groups in total. The lowest BCUT2D eigenvalue weighted by molar-refractivity contribution is -0.131. The van der Waals surface area contributed by atoms with Gasteiger partial charge in [-0.25, -0.2) is 0 Å². The van der Waals surface area contributed by atoms with Gasteiger partial charge in [-0.1, -0.05) is 0 Å². The summed E-state index contributed by atoms with van der Waals surface area (Å²) >= 11 is 0. The minimum Gasteiger partial charge on any atom is -0.380 e. The second-order valence-electron chi connectivity index (χ2n) is 3.60. The van der Waals surface area contributed by atoms with Crippen molar-refractivity contribution < 1.29 is 9.53 Å². The molecule has 0 bridgehead atoms. The van der Waals surface area contributed by atoms with Gasteiger partial charge in [0.1, 0.15) is 5.78 Å². The maximum atomic E-state index is 11.5. The maximum absolute atomic E-state index is 11.5. The van der Waals surface area contributed by atoms with Crippen molar-refractivity contribution in [2.24, 2.45) is 5.92 Å². The van der Waals surface area contributed by atoms with E-state index in [2.05, 4.69) is 5.32 Å². The van der Waals surface area contributed by atoms with Gasteiger partial charge in [-0.2, -0.15) is 0 Å². The number of hydrogen-bond donors (Lipinski definition) is 1. The lowest BCUT2D eigenvalue weighted by Gasteiger charge is -2.26. The summed E-state index contributed by atoms with van der Waals surface area (Å²) in [5, 5.41) is 3.36. The topological polar surface area (TPSA) is 38.3 Å². The zero-order valence-corrected chi connectivity index (χ0v) is 7.21. The van der Waals surface area contributed by atoms with E-state index >= 15 is 0 Å². The molecule has 0 aliphatic carbocycles. The smallest absolute Gasteiger partial charge is 0.142 e. The van der Waals surface area contributed by atoms with E-state index in [1.54, 1.807) is 0 Å². The van der Waals surface area contributed by atoms with E-state index in [9.17, 15) is 4.79 Å². The predicted octanol–water partition coefficient (Wildman–Crippen LogP) is 0.344. The average molecular weight is 169 g/mol. The molecule has 3 nitrogen and oxygen atoms in total. The SMILES string of the molecule is O=C1CCOCC1C1CCCN1. The number of carbonyl (C=O) groups excluding carboxylic acids is 1. The first-order valence-electron chi connectivity index (χ1n) is 4.72. The van der Waals surface area contributed by atoms with Gasteiger partial charge in [-0.15, -0.1) is 0 Å². The Hall–Kier alpha value is -0.410. The summed E-state index contributed by atoms with van der Waals surface area (Å²) in [7, 11) is 0. The molecule has 2 heterocycles. The van der Waals surface area contributed by atoms with Crippen LogP contribution in [-0.2, 0) is 9.53 Å². The van der Waals surface area contributed by atoms with E-state index in [1.165, 1.54) is 6.42 Å².